The highest BCUT2D eigenvalue weighted by Gasteiger charge is 2.58. The van der Waals surface area contributed by atoms with Gasteiger partial charge in [0.2, 0.25) is 5.91 Å². The number of benzene rings is 1. The van der Waals surface area contributed by atoms with E-state index in [9.17, 15) is 19.1 Å². The molecule has 0 unspecified atom stereocenters. The molecular formula is C19H27FN2O4. The van der Waals surface area contributed by atoms with E-state index < -0.39 is 29.0 Å². The van der Waals surface area contributed by atoms with E-state index in [2.05, 4.69) is 0 Å². The molecule has 1 aromatic carbocycles. The summed E-state index contributed by atoms with van der Waals surface area (Å²) in [5.74, 6) is -0.671. The summed E-state index contributed by atoms with van der Waals surface area (Å²) < 4.78 is 19.3. The van der Waals surface area contributed by atoms with Crippen molar-refractivity contribution in [1.29, 1.82) is 0 Å². The second-order valence-electron chi connectivity index (χ2n) is 7.76. The zero-order valence-electron chi connectivity index (χ0n) is 15.7. The maximum Gasteiger partial charge on any atom is 0.404 e. The van der Waals surface area contributed by atoms with Crippen molar-refractivity contribution in [3.05, 3.63) is 35.1 Å². The molecule has 1 aliphatic heterocycles. The van der Waals surface area contributed by atoms with Crippen molar-refractivity contribution in [1.82, 2.24) is 4.90 Å². The maximum absolute atomic E-state index is 14.5. The van der Waals surface area contributed by atoms with Crippen LogP contribution in [0.1, 0.15) is 50.8 Å². The quantitative estimate of drug-likeness (QED) is 0.838. The fourth-order valence-corrected chi connectivity index (χ4v) is 4.06. The Morgan fingerprint density at radius 3 is 2.65 bits per heavy atom. The van der Waals surface area contributed by atoms with Gasteiger partial charge in [-0.15, -0.1) is 0 Å². The number of primary amides is 1. The van der Waals surface area contributed by atoms with Crippen LogP contribution >= 0.6 is 0 Å². The average Bonchev–Trinajstić information content (AvgIpc) is 2.84. The molecule has 0 radical (unpaired) electrons. The predicted molar refractivity (Wildman–Crippen MR) is 94.8 cm³/mol. The summed E-state index contributed by atoms with van der Waals surface area (Å²) in [5, 5.41) is 11.3. The summed E-state index contributed by atoms with van der Waals surface area (Å²) >= 11 is 0. The highest BCUT2D eigenvalue weighted by molar-refractivity contribution is 5.80. The Labute approximate surface area is 153 Å². The van der Waals surface area contributed by atoms with Gasteiger partial charge >= 0.3 is 6.09 Å². The third-order valence-electron chi connectivity index (χ3n) is 5.36. The second kappa shape index (κ2) is 7.23. The topological polar surface area (TPSA) is 92.9 Å². The van der Waals surface area contributed by atoms with Crippen molar-refractivity contribution >= 4 is 12.0 Å². The molecular weight excluding hydrogens is 339 g/mol. The molecule has 1 aliphatic rings. The number of halogens is 1. The van der Waals surface area contributed by atoms with E-state index in [1.165, 1.54) is 11.0 Å². The van der Waals surface area contributed by atoms with Gasteiger partial charge in [0.05, 0.1) is 12.1 Å². The fraction of sp³-hybridized carbons (Fsp3) is 0.579. The van der Waals surface area contributed by atoms with Gasteiger partial charge in [-0.25, -0.2) is 9.18 Å². The lowest BCUT2D eigenvalue weighted by atomic mass is 9.66. The number of hydrogen-bond acceptors (Lipinski definition) is 4. The Hall–Kier alpha value is -2.15. The van der Waals surface area contributed by atoms with Crippen LogP contribution in [-0.4, -0.2) is 40.7 Å². The van der Waals surface area contributed by atoms with Gasteiger partial charge in [-0.3, -0.25) is 4.79 Å². The van der Waals surface area contributed by atoms with Crippen LogP contribution in [0.25, 0.3) is 0 Å². The molecule has 0 aromatic heterocycles. The molecule has 3 N–H and O–H groups in total. The van der Waals surface area contributed by atoms with E-state index in [0.717, 1.165) is 0 Å². The number of nitrogens with two attached hydrogens (primary N) is 1. The number of aliphatic hydroxyl groups is 1. The van der Waals surface area contributed by atoms with Crippen molar-refractivity contribution in [2.45, 2.75) is 52.2 Å². The Morgan fingerprint density at radius 1 is 1.46 bits per heavy atom. The first kappa shape index (κ1) is 20.2. The normalized spacial score (nSPS) is 21.8. The SMILES string of the molecule is Cc1cccc(F)c1[C@H](O)[C@@]1(C(C)(C)C)CCC(=O)N1CCOC(N)=O. The molecule has 26 heavy (non-hydrogen) atoms. The van der Waals surface area contributed by atoms with E-state index in [1.54, 1.807) is 19.1 Å². The fourth-order valence-electron chi connectivity index (χ4n) is 4.06. The van der Waals surface area contributed by atoms with Crippen LogP contribution in [0, 0.1) is 18.2 Å². The average molecular weight is 366 g/mol. The minimum Gasteiger partial charge on any atom is -0.448 e. The Balaban J connectivity index is 2.50. The Kier molecular flexibility index (Phi) is 5.61. The molecule has 0 spiro atoms. The Bertz CT molecular complexity index is 681. The van der Waals surface area contributed by atoms with Gasteiger partial charge in [0, 0.05) is 12.0 Å². The third-order valence-corrected chi connectivity index (χ3v) is 5.36. The van der Waals surface area contributed by atoms with Crippen molar-refractivity contribution in [3.8, 4) is 0 Å². The monoisotopic (exact) mass is 366 g/mol. The van der Waals surface area contributed by atoms with E-state index >= 15 is 0 Å². The molecule has 1 heterocycles. The van der Waals surface area contributed by atoms with Gasteiger partial charge in [0.25, 0.3) is 0 Å². The first-order valence-corrected chi connectivity index (χ1v) is 8.68. The summed E-state index contributed by atoms with van der Waals surface area (Å²) in [6.07, 6.45) is -1.54. The number of ether oxygens (including phenoxy) is 1. The van der Waals surface area contributed by atoms with E-state index in [0.29, 0.717) is 12.0 Å². The van der Waals surface area contributed by atoms with Gasteiger partial charge in [-0.05, 0) is 30.4 Å². The van der Waals surface area contributed by atoms with Crippen LogP contribution in [0.4, 0.5) is 9.18 Å². The molecule has 0 aliphatic carbocycles. The maximum atomic E-state index is 14.5. The lowest BCUT2D eigenvalue weighted by Crippen LogP contribution is -2.59. The van der Waals surface area contributed by atoms with Crippen molar-refractivity contribution < 1.29 is 23.8 Å². The number of amides is 2. The van der Waals surface area contributed by atoms with Crippen LogP contribution in [-0.2, 0) is 9.53 Å². The van der Waals surface area contributed by atoms with Gasteiger partial charge < -0.3 is 20.5 Å². The number of carbonyl (C=O) groups is 2. The van der Waals surface area contributed by atoms with Gasteiger partial charge in [0.1, 0.15) is 18.5 Å². The van der Waals surface area contributed by atoms with E-state index in [4.69, 9.17) is 10.5 Å². The lowest BCUT2D eigenvalue weighted by Gasteiger charge is -2.51. The smallest absolute Gasteiger partial charge is 0.404 e. The molecule has 2 atom stereocenters. The molecule has 1 aromatic rings. The summed E-state index contributed by atoms with van der Waals surface area (Å²) in [4.78, 5) is 24.9. The van der Waals surface area contributed by atoms with Crippen LogP contribution in [0.2, 0.25) is 0 Å². The van der Waals surface area contributed by atoms with Crippen molar-refractivity contribution in [2.75, 3.05) is 13.2 Å². The molecule has 1 fully saturated rings. The highest BCUT2D eigenvalue weighted by atomic mass is 19.1. The molecule has 0 saturated carbocycles. The number of likely N-dealkylation sites (tertiary alicyclic amines) is 1. The predicted octanol–water partition coefficient (Wildman–Crippen LogP) is 2.67. The van der Waals surface area contributed by atoms with E-state index in [-0.39, 0.29) is 31.0 Å². The largest absolute Gasteiger partial charge is 0.448 e. The molecule has 7 heteroatoms. The number of aliphatic hydroxyl groups excluding tert-OH is 1. The van der Waals surface area contributed by atoms with Crippen LogP contribution in [0.3, 0.4) is 0 Å². The zero-order chi connectivity index (χ0) is 19.7. The van der Waals surface area contributed by atoms with Gasteiger partial charge in [-0.1, -0.05) is 32.9 Å². The summed E-state index contributed by atoms with van der Waals surface area (Å²) in [6, 6.07) is 4.62. The second-order valence-corrected chi connectivity index (χ2v) is 7.76. The van der Waals surface area contributed by atoms with Crippen molar-refractivity contribution in [2.24, 2.45) is 11.1 Å². The number of nitrogens with zero attached hydrogens (tertiary/aromatic N) is 1. The van der Waals surface area contributed by atoms with Gasteiger partial charge in [0.15, 0.2) is 0 Å². The Morgan fingerprint density at radius 2 is 2.12 bits per heavy atom. The molecule has 2 rings (SSSR count). The zero-order valence-corrected chi connectivity index (χ0v) is 15.7. The first-order valence-electron chi connectivity index (χ1n) is 8.68. The highest BCUT2D eigenvalue weighted by Crippen LogP contribution is 2.52. The minimum absolute atomic E-state index is 0.0815. The van der Waals surface area contributed by atoms with Crippen LogP contribution in [0.15, 0.2) is 18.2 Å². The molecule has 0 bridgehead atoms. The minimum atomic E-state index is -1.22. The summed E-state index contributed by atoms with van der Waals surface area (Å²) in [5.41, 5.74) is 4.22. The number of rotatable bonds is 5. The molecule has 2 amide bonds. The molecule has 6 nitrogen and oxygen atoms in total. The number of hydrogen-bond donors (Lipinski definition) is 2. The van der Waals surface area contributed by atoms with Gasteiger partial charge in [-0.2, -0.15) is 0 Å². The first-order chi connectivity index (χ1) is 12.0. The lowest BCUT2D eigenvalue weighted by molar-refractivity contribution is -0.144. The standard InChI is InChI=1S/C19H27FN2O4/c1-12-6-5-7-13(20)15(12)16(24)19(18(2,3)4)9-8-14(23)22(19)10-11-26-17(21)25/h5-7,16,24H,8-11H2,1-4H3,(H2,21,25)/t16-,19+/m0/s1. The van der Waals surface area contributed by atoms with E-state index in [1.807, 2.05) is 20.8 Å². The molecule has 1 saturated heterocycles. The van der Waals surface area contributed by atoms with Crippen molar-refractivity contribution in [3.63, 3.8) is 0 Å². The molecule has 144 valence electrons. The summed E-state index contributed by atoms with van der Waals surface area (Å²) in [6.45, 7) is 7.47. The summed E-state index contributed by atoms with van der Waals surface area (Å²) in [7, 11) is 0. The number of aryl methyl sites for hydroxylation is 1. The van der Waals surface area contributed by atoms with Crippen LogP contribution < -0.4 is 5.73 Å². The third kappa shape index (κ3) is 3.40. The number of carbonyl (C=O) groups excluding carboxylic acids is 2. The van der Waals surface area contributed by atoms with Crippen LogP contribution in [0.5, 0.6) is 0 Å².